The summed E-state index contributed by atoms with van der Waals surface area (Å²) >= 11 is 0. The average molecular weight is 243 g/mol. The lowest BCUT2D eigenvalue weighted by Gasteiger charge is -2.24. The van der Waals surface area contributed by atoms with E-state index in [1.807, 2.05) is 0 Å². The van der Waals surface area contributed by atoms with Crippen molar-refractivity contribution in [1.29, 1.82) is 0 Å². The van der Waals surface area contributed by atoms with Crippen LogP contribution in [-0.4, -0.2) is 24.0 Å². The minimum atomic E-state index is 0.898. The number of aryl methyl sites for hydroxylation is 1. The number of likely N-dealkylation sites (tertiary alicyclic amines) is 1. The van der Waals surface area contributed by atoms with Gasteiger partial charge in [0.1, 0.15) is 0 Å². The smallest absolute Gasteiger partial charge is 0.00959 e. The van der Waals surface area contributed by atoms with Crippen LogP contribution in [0.2, 0.25) is 0 Å². The van der Waals surface area contributed by atoms with E-state index >= 15 is 0 Å². The fourth-order valence-corrected chi connectivity index (χ4v) is 3.28. The summed E-state index contributed by atoms with van der Waals surface area (Å²) in [6.07, 6.45) is 9.89. The third kappa shape index (κ3) is 3.35. The van der Waals surface area contributed by atoms with Gasteiger partial charge in [-0.15, -0.1) is 0 Å². The number of benzene rings is 1. The zero-order valence-electron chi connectivity index (χ0n) is 11.4. The van der Waals surface area contributed by atoms with Crippen molar-refractivity contribution in [2.75, 3.05) is 13.1 Å². The molecule has 18 heavy (non-hydrogen) atoms. The lowest BCUT2D eigenvalue weighted by Crippen LogP contribution is -2.31. The molecule has 98 valence electrons. The first-order valence-electron chi connectivity index (χ1n) is 7.70. The van der Waals surface area contributed by atoms with Crippen molar-refractivity contribution in [2.24, 2.45) is 5.92 Å². The van der Waals surface area contributed by atoms with E-state index < -0.39 is 0 Å². The molecule has 0 aromatic heterocycles. The Balaban J connectivity index is 1.41. The maximum atomic E-state index is 2.78. The minimum absolute atomic E-state index is 0.898. The van der Waals surface area contributed by atoms with E-state index in [2.05, 4.69) is 35.2 Å². The Kier molecular flexibility index (Phi) is 3.99. The summed E-state index contributed by atoms with van der Waals surface area (Å²) in [7, 11) is 0. The Labute approximate surface area is 111 Å². The van der Waals surface area contributed by atoms with E-state index in [4.69, 9.17) is 0 Å². The van der Waals surface area contributed by atoms with Gasteiger partial charge < -0.3 is 4.90 Å². The zero-order valence-corrected chi connectivity index (χ0v) is 11.4. The summed E-state index contributed by atoms with van der Waals surface area (Å²) < 4.78 is 0. The molecule has 0 unspecified atom stereocenters. The van der Waals surface area contributed by atoms with Gasteiger partial charge >= 0.3 is 0 Å². The van der Waals surface area contributed by atoms with Crippen LogP contribution in [0.15, 0.2) is 30.3 Å². The zero-order chi connectivity index (χ0) is 12.2. The van der Waals surface area contributed by atoms with Gasteiger partial charge in [0.05, 0.1) is 0 Å². The van der Waals surface area contributed by atoms with Crippen molar-refractivity contribution in [3.63, 3.8) is 0 Å². The second-order valence-electron chi connectivity index (χ2n) is 6.11. The monoisotopic (exact) mass is 243 g/mol. The molecule has 2 fully saturated rings. The number of rotatable bonds is 6. The maximum absolute atomic E-state index is 2.78. The van der Waals surface area contributed by atoms with E-state index in [-0.39, 0.29) is 0 Å². The molecule has 0 bridgehead atoms. The van der Waals surface area contributed by atoms with Crippen LogP contribution >= 0.6 is 0 Å². The van der Waals surface area contributed by atoms with Gasteiger partial charge in [0.2, 0.25) is 0 Å². The lowest BCUT2D eigenvalue weighted by molar-refractivity contribution is 0.231. The molecule has 1 aliphatic heterocycles. The van der Waals surface area contributed by atoms with Gasteiger partial charge in [0.25, 0.3) is 0 Å². The van der Waals surface area contributed by atoms with Crippen molar-refractivity contribution < 1.29 is 0 Å². The molecule has 1 nitrogen and oxygen atoms in total. The summed E-state index contributed by atoms with van der Waals surface area (Å²) in [4.78, 5) is 2.78. The highest BCUT2D eigenvalue weighted by atomic mass is 15.2. The second-order valence-corrected chi connectivity index (χ2v) is 6.11. The van der Waals surface area contributed by atoms with Crippen molar-refractivity contribution >= 4 is 0 Å². The molecule has 1 heteroatoms. The van der Waals surface area contributed by atoms with Gasteiger partial charge in [-0.1, -0.05) is 30.3 Å². The fourth-order valence-electron chi connectivity index (χ4n) is 3.28. The lowest BCUT2D eigenvalue weighted by atomic mass is 10.0. The Morgan fingerprint density at radius 3 is 2.67 bits per heavy atom. The molecule has 0 spiro atoms. The van der Waals surface area contributed by atoms with E-state index in [1.54, 1.807) is 0 Å². The van der Waals surface area contributed by atoms with E-state index in [9.17, 15) is 0 Å². The van der Waals surface area contributed by atoms with Gasteiger partial charge in [-0.3, -0.25) is 0 Å². The molecule has 1 heterocycles. The third-order valence-corrected chi connectivity index (χ3v) is 4.53. The Hall–Kier alpha value is -0.820. The number of hydrogen-bond acceptors (Lipinski definition) is 1. The maximum Gasteiger partial charge on any atom is 0.00959 e. The topological polar surface area (TPSA) is 3.24 Å². The summed E-state index contributed by atoms with van der Waals surface area (Å²) in [5, 5.41) is 0. The predicted octanol–water partition coefficient (Wildman–Crippen LogP) is 3.88. The first kappa shape index (κ1) is 12.2. The largest absolute Gasteiger partial charge is 0.300 e. The highest BCUT2D eigenvalue weighted by molar-refractivity contribution is 5.14. The third-order valence-electron chi connectivity index (χ3n) is 4.53. The van der Waals surface area contributed by atoms with E-state index in [0.29, 0.717) is 0 Å². The summed E-state index contributed by atoms with van der Waals surface area (Å²) in [5.41, 5.74) is 1.50. The Morgan fingerprint density at radius 2 is 1.89 bits per heavy atom. The molecular weight excluding hydrogens is 218 g/mol. The van der Waals surface area contributed by atoms with Crippen molar-refractivity contribution in [3.05, 3.63) is 35.9 Å². The predicted molar refractivity (Wildman–Crippen MR) is 76.7 cm³/mol. The van der Waals surface area contributed by atoms with Crippen LogP contribution < -0.4 is 0 Å². The molecule has 1 aliphatic carbocycles. The molecule has 1 aromatic carbocycles. The van der Waals surface area contributed by atoms with Gasteiger partial charge in [-0.25, -0.2) is 0 Å². The average Bonchev–Trinajstić information content (AvgIpc) is 3.11. The van der Waals surface area contributed by atoms with Crippen LogP contribution in [0.5, 0.6) is 0 Å². The highest BCUT2D eigenvalue weighted by Crippen LogP contribution is 2.33. The molecular formula is C17H25N. The molecule has 1 atom stereocenters. The molecule has 1 aromatic rings. The molecule has 3 rings (SSSR count). The van der Waals surface area contributed by atoms with Gasteiger partial charge in [-0.2, -0.15) is 0 Å². The summed E-state index contributed by atoms with van der Waals surface area (Å²) in [5.74, 6) is 1.06. The van der Waals surface area contributed by atoms with Crippen LogP contribution in [0.3, 0.4) is 0 Å². The number of hydrogen-bond donors (Lipinski definition) is 0. The van der Waals surface area contributed by atoms with Crippen LogP contribution in [0, 0.1) is 5.92 Å². The Morgan fingerprint density at radius 1 is 1.06 bits per heavy atom. The molecule has 0 amide bonds. The summed E-state index contributed by atoms with van der Waals surface area (Å²) in [6, 6.07) is 11.8. The highest BCUT2D eigenvalue weighted by Gasteiger charge is 2.30. The van der Waals surface area contributed by atoms with Crippen LogP contribution in [0.4, 0.5) is 0 Å². The van der Waals surface area contributed by atoms with Gasteiger partial charge in [-0.05, 0) is 63.0 Å². The first-order valence-corrected chi connectivity index (χ1v) is 7.70. The molecule has 2 aliphatic rings. The van der Waals surface area contributed by atoms with Crippen LogP contribution in [0.25, 0.3) is 0 Å². The Bertz CT molecular complexity index is 355. The van der Waals surface area contributed by atoms with Crippen molar-refractivity contribution in [3.8, 4) is 0 Å². The van der Waals surface area contributed by atoms with Gasteiger partial charge in [0, 0.05) is 12.6 Å². The van der Waals surface area contributed by atoms with Crippen LogP contribution in [-0.2, 0) is 6.42 Å². The molecule has 1 saturated heterocycles. The van der Waals surface area contributed by atoms with Crippen molar-refractivity contribution in [2.45, 2.75) is 51.0 Å². The van der Waals surface area contributed by atoms with E-state index in [0.717, 1.165) is 12.0 Å². The van der Waals surface area contributed by atoms with Crippen LogP contribution in [0.1, 0.15) is 44.1 Å². The van der Waals surface area contributed by atoms with E-state index in [1.165, 1.54) is 63.6 Å². The standard InChI is InChI=1S/C17H25N/c1-2-6-15(7-3-1)8-4-9-17-10-5-13-18(17)14-16-11-12-16/h1-3,6-7,16-17H,4-5,8-14H2/t17-/m1/s1. The normalized spacial score (nSPS) is 24.6. The van der Waals surface area contributed by atoms with Crippen molar-refractivity contribution in [1.82, 2.24) is 4.90 Å². The second kappa shape index (κ2) is 5.88. The quantitative estimate of drug-likeness (QED) is 0.733. The first-order chi connectivity index (χ1) is 8.92. The minimum Gasteiger partial charge on any atom is -0.300 e. The SMILES string of the molecule is c1ccc(CCC[C@@H]2CCCN2CC2CC2)cc1. The molecule has 0 radical (unpaired) electrons. The molecule has 0 N–H and O–H groups in total. The van der Waals surface area contributed by atoms with Gasteiger partial charge in [0.15, 0.2) is 0 Å². The molecule has 1 saturated carbocycles. The fraction of sp³-hybridized carbons (Fsp3) is 0.647. The summed E-state index contributed by atoms with van der Waals surface area (Å²) in [6.45, 7) is 2.77. The number of nitrogens with zero attached hydrogens (tertiary/aromatic N) is 1.